The molecule has 2 aromatic heterocycles. The molecule has 12 nitrogen and oxygen atoms in total. The van der Waals surface area contributed by atoms with Crippen molar-refractivity contribution in [2.45, 2.75) is 19.6 Å². The lowest BCUT2D eigenvalue weighted by Crippen LogP contribution is -2.44. The molecule has 39 heavy (non-hydrogen) atoms. The van der Waals surface area contributed by atoms with E-state index in [1.54, 1.807) is 11.5 Å². The molecule has 2 N–H and O–H groups in total. The van der Waals surface area contributed by atoms with Crippen LogP contribution in [-0.2, 0) is 27.9 Å². The molecule has 0 radical (unpaired) electrons. The van der Waals surface area contributed by atoms with E-state index in [2.05, 4.69) is 32.2 Å². The van der Waals surface area contributed by atoms with Crippen LogP contribution >= 0.6 is 0 Å². The van der Waals surface area contributed by atoms with Crippen LogP contribution < -0.4 is 26.8 Å². The minimum absolute atomic E-state index is 0.0430. The van der Waals surface area contributed by atoms with Gasteiger partial charge in [-0.05, 0) is 19.1 Å². The van der Waals surface area contributed by atoms with Crippen molar-refractivity contribution in [3.8, 4) is 17.5 Å². The lowest BCUT2D eigenvalue weighted by atomic mass is 10.2. The number of anilines is 2. The van der Waals surface area contributed by atoms with Crippen molar-refractivity contribution in [3.05, 3.63) is 45.1 Å². The second-order valence-corrected chi connectivity index (χ2v) is 8.46. The van der Waals surface area contributed by atoms with Crippen LogP contribution in [0.25, 0.3) is 16.9 Å². The number of imidazole rings is 1. The molecule has 4 rings (SSSR count). The number of alkyl halides is 3. The molecule has 0 atom stereocenters. The summed E-state index contributed by atoms with van der Waals surface area (Å²) < 4.78 is 44.8. The van der Waals surface area contributed by atoms with Gasteiger partial charge in [-0.1, -0.05) is 18.1 Å². The molecule has 0 aliphatic carbocycles. The van der Waals surface area contributed by atoms with Crippen molar-refractivity contribution in [3.63, 3.8) is 0 Å². The molecule has 206 valence electrons. The van der Waals surface area contributed by atoms with E-state index in [1.165, 1.54) is 35.9 Å². The summed E-state index contributed by atoms with van der Waals surface area (Å²) in [5.74, 6) is 2.58. The van der Waals surface area contributed by atoms with Crippen LogP contribution in [0.4, 0.5) is 24.8 Å². The number of carbonyl (C=O) groups excluding carboxylic acids is 2. The van der Waals surface area contributed by atoms with E-state index in [-0.39, 0.29) is 29.1 Å². The fourth-order valence-electron chi connectivity index (χ4n) is 4.11. The van der Waals surface area contributed by atoms with Crippen LogP contribution in [0.1, 0.15) is 6.92 Å². The van der Waals surface area contributed by atoms with Gasteiger partial charge in [0.15, 0.2) is 17.8 Å². The minimum atomic E-state index is -5.26. The number of halogens is 3. The molecule has 1 fully saturated rings. The summed E-state index contributed by atoms with van der Waals surface area (Å²) in [5.41, 5.74) is -1.35. The second-order valence-electron chi connectivity index (χ2n) is 8.46. The van der Waals surface area contributed by atoms with Gasteiger partial charge in [0.1, 0.15) is 0 Å². The van der Waals surface area contributed by atoms with Crippen molar-refractivity contribution < 1.29 is 27.5 Å². The number of esters is 1. The summed E-state index contributed by atoms with van der Waals surface area (Å²) in [6.45, 7) is 3.21. The van der Waals surface area contributed by atoms with Crippen molar-refractivity contribution in [2.24, 2.45) is 7.05 Å². The largest absolute Gasteiger partial charge is 0.490 e. The number of nitrogens with zero attached hydrogens (tertiary/aromatic N) is 5. The second kappa shape index (κ2) is 11.0. The number of para-hydroxylation sites is 2. The van der Waals surface area contributed by atoms with Gasteiger partial charge in [-0.2, -0.15) is 18.2 Å². The maximum atomic E-state index is 13.8. The van der Waals surface area contributed by atoms with Crippen molar-refractivity contribution in [2.75, 3.05) is 43.0 Å². The van der Waals surface area contributed by atoms with E-state index < -0.39 is 35.9 Å². The van der Waals surface area contributed by atoms with E-state index in [1.807, 2.05) is 4.90 Å². The van der Waals surface area contributed by atoms with E-state index in [0.717, 1.165) is 4.57 Å². The third kappa shape index (κ3) is 5.50. The van der Waals surface area contributed by atoms with Crippen LogP contribution in [-0.4, -0.2) is 69.5 Å². The highest BCUT2D eigenvalue weighted by atomic mass is 19.4. The zero-order chi connectivity index (χ0) is 28.3. The predicted octanol–water partition coefficient (Wildman–Crippen LogP) is 0.363. The van der Waals surface area contributed by atoms with E-state index in [0.29, 0.717) is 32.1 Å². The number of aromatic nitrogens is 4. The van der Waals surface area contributed by atoms with Gasteiger partial charge in [-0.15, -0.1) is 5.92 Å². The molecule has 15 heteroatoms. The van der Waals surface area contributed by atoms with Crippen LogP contribution in [0.3, 0.4) is 0 Å². The average Bonchev–Trinajstić information content (AvgIpc) is 3.30. The standard InChI is InChI=1S/C24H24F3N7O5/c1-3-4-11-33-18-19(30-22(33)32-12-9-28-10-13-32)31(2)23(38)34(20(18)36)16-8-6-5-7-15(16)29-17(35)14-39-21(37)24(25,26)27/h5-8,28H,9-14H2,1-2H3,(H,29,35). The first-order chi connectivity index (χ1) is 18.5. The lowest BCUT2D eigenvalue weighted by molar-refractivity contribution is -0.199. The van der Waals surface area contributed by atoms with Crippen molar-refractivity contribution >= 4 is 34.7 Å². The first-order valence-corrected chi connectivity index (χ1v) is 11.7. The zero-order valence-corrected chi connectivity index (χ0v) is 21.0. The van der Waals surface area contributed by atoms with E-state index in [4.69, 9.17) is 0 Å². The Bertz CT molecular complexity index is 1600. The molecule has 3 aromatic rings. The summed E-state index contributed by atoms with van der Waals surface area (Å²) in [7, 11) is 1.45. The smallest absolute Gasteiger partial charge is 0.449 e. The first-order valence-electron chi connectivity index (χ1n) is 11.7. The van der Waals surface area contributed by atoms with Crippen LogP contribution in [0.5, 0.6) is 0 Å². The number of nitrogens with one attached hydrogen (secondary N) is 2. The molecular formula is C24H24F3N7O5. The van der Waals surface area contributed by atoms with Crippen LogP contribution in [0.15, 0.2) is 33.9 Å². The van der Waals surface area contributed by atoms with Gasteiger partial charge < -0.3 is 20.3 Å². The molecule has 1 aliphatic rings. The maximum Gasteiger partial charge on any atom is 0.490 e. The Labute approximate surface area is 219 Å². The number of piperazine rings is 1. The molecule has 0 saturated carbocycles. The molecule has 0 unspecified atom stereocenters. The zero-order valence-electron chi connectivity index (χ0n) is 21.0. The third-order valence-electron chi connectivity index (χ3n) is 5.93. The summed E-state index contributed by atoms with van der Waals surface area (Å²) in [6.07, 6.45) is -5.26. The minimum Gasteiger partial charge on any atom is -0.449 e. The predicted molar refractivity (Wildman–Crippen MR) is 135 cm³/mol. The molecule has 1 aromatic carbocycles. The highest BCUT2D eigenvalue weighted by molar-refractivity contribution is 5.95. The Hall–Kier alpha value is -4.58. The Morgan fingerprint density at radius 3 is 2.54 bits per heavy atom. The summed E-state index contributed by atoms with van der Waals surface area (Å²) in [6, 6.07) is 5.73. The van der Waals surface area contributed by atoms with Gasteiger partial charge in [0.25, 0.3) is 11.5 Å². The van der Waals surface area contributed by atoms with Crippen LogP contribution in [0, 0.1) is 11.8 Å². The number of hydrogen-bond donors (Lipinski definition) is 2. The molecular weight excluding hydrogens is 523 g/mol. The van der Waals surface area contributed by atoms with Gasteiger partial charge in [0.2, 0.25) is 5.95 Å². The fourth-order valence-corrected chi connectivity index (χ4v) is 4.11. The average molecular weight is 547 g/mol. The Morgan fingerprint density at radius 1 is 1.18 bits per heavy atom. The number of amides is 1. The van der Waals surface area contributed by atoms with Crippen molar-refractivity contribution in [1.82, 2.24) is 24.0 Å². The fraction of sp³-hybridized carbons (Fsp3) is 0.375. The number of rotatable bonds is 6. The SMILES string of the molecule is CC#CCn1c(N2CCNCC2)nc2c1c(=O)n(-c1ccccc1NC(=O)COC(=O)C(F)(F)F)c(=O)n2C. The highest BCUT2D eigenvalue weighted by Crippen LogP contribution is 2.23. The normalized spacial score (nSPS) is 13.6. The number of benzene rings is 1. The van der Waals surface area contributed by atoms with Gasteiger partial charge in [0.05, 0.1) is 17.9 Å². The maximum absolute atomic E-state index is 13.8. The topological polar surface area (TPSA) is 132 Å². The van der Waals surface area contributed by atoms with Gasteiger partial charge in [-0.3, -0.25) is 18.7 Å². The van der Waals surface area contributed by atoms with Crippen molar-refractivity contribution in [1.29, 1.82) is 0 Å². The number of aryl methyl sites for hydroxylation is 1. The highest BCUT2D eigenvalue weighted by Gasteiger charge is 2.41. The molecule has 1 aliphatic heterocycles. The third-order valence-corrected chi connectivity index (χ3v) is 5.93. The molecule has 1 amide bonds. The Balaban J connectivity index is 1.81. The van der Waals surface area contributed by atoms with E-state index >= 15 is 0 Å². The monoisotopic (exact) mass is 547 g/mol. The molecule has 3 heterocycles. The number of carbonyl (C=O) groups is 2. The lowest BCUT2D eigenvalue weighted by Gasteiger charge is -2.28. The van der Waals surface area contributed by atoms with Crippen LogP contribution in [0.2, 0.25) is 0 Å². The molecule has 0 spiro atoms. The Morgan fingerprint density at radius 2 is 1.87 bits per heavy atom. The summed E-state index contributed by atoms with van der Waals surface area (Å²) >= 11 is 0. The quantitative estimate of drug-likeness (QED) is 0.334. The molecule has 1 saturated heterocycles. The molecule has 0 bridgehead atoms. The van der Waals surface area contributed by atoms with Gasteiger partial charge in [0, 0.05) is 33.2 Å². The number of ether oxygens (including phenoxy) is 1. The Kier molecular flexibility index (Phi) is 7.77. The van der Waals surface area contributed by atoms with Gasteiger partial charge >= 0.3 is 17.8 Å². The van der Waals surface area contributed by atoms with E-state index in [9.17, 15) is 32.3 Å². The van der Waals surface area contributed by atoms with Gasteiger partial charge in [-0.25, -0.2) is 14.2 Å². The number of fused-ring (bicyclic) bond motifs is 1. The number of hydrogen-bond acceptors (Lipinski definition) is 8. The first kappa shape index (κ1) is 27.5. The summed E-state index contributed by atoms with van der Waals surface area (Å²) in [4.78, 5) is 57.0. The summed E-state index contributed by atoms with van der Waals surface area (Å²) in [5, 5.41) is 5.53.